The highest BCUT2D eigenvalue weighted by molar-refractivity contribution is 5.88. The highest BCUT2D eigenvalue weighted by atomic mass is 16.3. The molecule has 14 heavy (non-hydrogen) atoms. The van der Waals surface area contributed by atoms with Gasteiger partial charge < -0.3 is 10.2 Å². The molecule has 0 aliphatic rings. The van der Waals surface area contributed by atoms with Gasteiger partial charge in [-0.3, -0.25) is 4.79 Å². The molecule has 0 aliphatic heterocycles. The molecule has 1 aromatic carbocycles. The lowest BCUT2D eigenvalue weighted by atomic mass is 10.1. The van der Waals surface area contributed by atoms with Crippen LogP contribution in [-0.2, 0) is 11.2 Å². The van der Waals surface area contributed by atoms with Crippen LogP contribution < -0.4 is 5.73 Å². The summed E-state index contributed by atoms with van der Waals surface area (Å²) in [7, 11) is 0. The number of carbonyl (C=O) groups excluding carboxylic acids is 1. The summed E-state index contributed by atoms with van der Waals surface area (Å²) in [5.74, 6) is -0.339. The van der Waals surface area contributed by atoms with E-state index in [1.165, 1.54) is 0 Å². The van der Waals surface area contributed by atoms with Crippen LogP contribution in [0.5, 0.6) is 0 Å². The number of aryl methyl sites for hydroxylation is 1. The lowest BCUT2D eigenvalue weighted by Gasteiger charge is -1.95. The second-order valence-corrected chi connectivity index (χ2v) is 3.36. The van der Waals surface area contributed by atoms with E-state index in [-0.39, 0.29) is 12.3 Å². The van der Waals surface area contributed by atoms with Crippen molar-refractivity contribution >= 4 is 16.9 Å². The molecule has 72 valence electrons. The second-order valence-electron chi connectivity index (χ2n) is 3.36. The average Bonchev–Trinajstić information content (AvgIpc) is 2.49. The Labute approximate surface area is 81.5 Å². The van der Waals surface area contributed by atoms with Crippen molar-refractivity contribution in [3.8, 4) is 0 Å². The SMILES string of the molecule is Cc1cccc2c(CC(N)=O)coc12. The van der Waals surface area contributed by atoms with Crippen LogP contribution in [0.4, 0.5) is 0 Å². The molecule has 2 rings (SSSR count). The highest BCUT2D eigenvalue weighted by Crippen LogP contribution is 2.24. The number of para-hydroxylation sites is 1. The molecule has 0 bridgehead atoms. The van der Waals surface area contributed by atoms with Crippen LogP contribution >= 0.6 is 0 Å². The molecule has 0 unspecified atom stereocenters. The van der Waals surface area contributed by atoms with Crippen LogP contribution in [0.15, 0.2) is 28.9 Å². The number of carbonyl (C=O) groups is 1. The van der Waals surface area contributed by atoms with E-state index in [1.54, 1.807) is 6.26 Å². The Bertz CT molecular complexity index is 485. The molecule has 0 aliphatic carbocycles. The van der Waals surface area contributed by atoms with Crippen molar-refractivity contribution in [3.05, 3.63) is 35.6 Å². The van der Waals surface area contributed by atoms with E-state index in [0.29, 0.717) is 0 Å². The van der Waals surface area contributed by atoms with Gasteiger partial charge in [-0.05, 0) is 12.5 Å². The number of furan rings is 1. The standard InChI is InChI=1S/C11H11NO2/c1-7-3-2-4-9-8(5-10(12)13)6-14-11(7)9/h2-4,6H,5H2,1H3,(H2,12,13). The molecule has 1 aromatic heterocycles. The molecule has 0 saturated heterocycles. The first-order valence-corrected chi connectivity index (χ1v) is 4.42. The van der Waals surface area contributed by atoms with Gasteiger partial charge in [-0.15, -0.1) is 0 Å². The van der Waals surface area contributed by atoms with E-state index in [1.807, 2.05) is 25.1 Å². The molecule has 1 heterocycles. The molecule has 0 atom stereocenters. The summed E-state index contributed by atoms with van der Waals surface area (Å²) in [5, 5.41) is 0.976. The summed E-state index contributed by atoms with van der Waals surface area (Å²) in [6.45, 7) is 1.97. The summed E-state index contributed by atoms with van der Waals surface area (Å²) in [5.41, 5.74) is 7.89. The molecule has 2 aromatic rings. The van der Waals surface area contributed by atoms with Gasteiger partial charge in [0.2, 0.25) is 5.91 Å². The van der Waals surface area contributed by atoms with Crippen LogP contribution in [0.25, 0.3) is 11.0 Å². The van der Waals surface area contributed by atoms with Gasteiger partial charge in [-0.25, -0.2) is 0 Å². The largest absolute Gasteiger partial charge is 0.464 e. The van der Waals surface area contributed by atoms with Crippen LogP contribution in [0.1, 0.15) is 11.1 Å². The second kappa shape index (κ2) is 3.18. The van der Waals surface area contributed by atoms with Crippen molar-refractivity contribution < 1.29 is 9.21 Å². The molecular formula is C11H11NO2. The van der Waals surface area contributed by atoms with Crippen molar-refractivity contribution in [2.24, 2.45) is 5.73 Å². The Balaban J connectivity index is 2.58. The van der Waals surface area contributed by atoms with Crippen LogP contribution in [0, 0.1) is 6.92 Å². The summed E-state index contributed by atoms with van der Waals surface area (Å²) in [6, 6.07) is 5.85. The maximum atomic E-state index is 10.8. The van der Waals surface area contributed by atoms with Crippen molar-refractivity contribution in [3.63, 3.8) is 0 Å². The quantitative estimate of drug-likeness (QED) is 0.782. The zero-order valence-corrected chi connectivity index (χ0v) is 7.91. The van der Waals surface area contributed by atoms with Gasteiger partial charge in [-0.1, -0.05) is 18.2 Å². The Kier molecular flexibility index (Phi) is 2.00. The van der Waals surface area contributed by atoms with E-state index >= 15 is 0 Å². The third-order valence-corrected chi connectivity index (χ3v) is 2.24. The molecule has 0 saturated carbocycles. The summed E-state index contributed by atoms with van der Waals surface area (Å²) < 4.78 is 5.37. The van der Waals surface area contributed by atoms with Crippen molar-refractivity contribution in [1.29, 1.82) is 0 Å². The van der Waals surface area contributed by atoms with E-state index < -0.39 is 0 Å². The number of hydrogen-bond donors (Lipinski definition) is 1. The smallest absolute Gasteiger partial charge is 0.221 e. The molecule has 0 spiro atoms. The van der Waals surface area contributed by atoms with E-state index in [2.05, 4.69) is 0 Å². The number of fused-ring (bicyclic) bond motifs is 1. The predicted octanol–water partition coefficient (Wildman–Crippen LogP) is 1.77. The highest BCUT2D eigenvalue weighted by Gasteiger charge is 2.08. The Hall–Kier alpha value is -1.77. The summed E-state index contributed by atoms with van der Waals surface area (Å²) in [6.07, 6.45) is 1.83. The minimum absolute atomic E-state index is 0.233. The van der Waals surface area contributed by atoms with Crippen LogP contribution in [0.3, 0.4) is 0 Å². The maximum Gasteiger partial charge on any atom is 0.221 e. The maximum absolute atomic E-state index is 10.8. The Morgan fingerprint density at radius 3 is 3.00 bits per heavy atom. The number of benzene rings is 1. The minimum Gasteiger partial charge on any atom is -0.464 e. The lowest BCUT2D eigenvalue weighted by molar-refractivity contribution is -0.117. The fourth-order valence-corrected chi connectivity index (χ4v) is 1.58. The first-order chi connectivity index (χ1) is 6.68. The number of amides is 1. The topological polar surface area (TPSA) is 56.2 Å². The molecule has 0 fully saturated rings. The van der Waals surface area contributed by atoms with Gasteiger partial charge in [-0.2, -0.15) is 0 Å². The normalized spacial score (nSPS) is 10.6. The van der Waals surface area contributed by atoms with Crippen molar-refractivity contribution in [1.82, 2.24) is 0 Å². The molecular weight excluding hydrogens is 178 g/mol. The Morgan fingerprint density at radius 1 is 1.50 bits per heavy atom. The zero-order valence-electron chi connectivity index (χ0n) is 7.91. The Morgan fingerprint density at radius 2 is 2.29 bits per heavy atom. The number of rotatable bonds is 2. The summed E-state index contributed by atoms with van der Waals surface area (Å²) >= 11 is 0. The predicted molar refractivity (Wildman–Crippen MR) is 53.8 cm³/mol. The van der Waals surface area contributed by atoms with E-state index in [0.717, 1.165) is 22.1 Å². The fourth-order valence-electron chi connectivity index (χ4n) is 1.58. The lowest BCUT2D eigenvalue weighted by Crippen LogP contribution is -2.13. The monoisotopic (exact) mass is 189 g/mol. The first-order valence-electron chi connectivity index (χ1n) is 4.42. The third kappa shape index (κ3) is 1.37. The molecule has 3 nitrogen and oxygen atoms in total. The van der Waals surface area contributed by atoms with Gasteiger partial charge >= 0.3 is 0 Å². The van der Waals surface area contributed by atoms with Crippen molar-refractivity contribution in [2.75, 3.05) is 0 Å². The molecule has 3 heteroatoms. The van der Waals surface area contributed by atoms with Gasteiger partial charge in [0.25, 0.3) is 0 Å². The zero-order chi connectivity index (χ0) is 10.1. The fraction of sp³-hybridized carbons (Fsp3) is 0.182. The average molecular weight is 189 g/mol. The van der Waals surface area contributed by atoms with Crippen LogP contribution in [0.2, 0.25) is 0 Å². The number of nitrogens with two attached hydrogens (primary N) is 1. The molecule has 2 N–H and O–H groups in total. The van der Waals surface area contributed by atoms with Gasteiger partial charge in [0.15, 0.2) is 0 Å². The van der Waals surface area contributed by atoms with E-state index in [4.69, 9.17) is 10.2 Å². The van der Waals surface area contributed by atoms with Gasteiger partial charge in [0, 0.05) is 10.9 Å². The van der Waals surface area contributed by atoms with Gasteiger partial charge in [0.05, 0.1) is 12.7 Å². The van der Waals surface area contributed by atoms with Crippen molar-refractivity contribution in [2.45, 2.75) is 13.3 Å². The summed E-state index contributed by atoms with van der Waals surface area (Å²) in [4.78, 5) is 10.8. The van der Waals surface area contributed by atoms with Gasteiger partial charge in [0.1, 0.15) is 5.58 Å². The minimum atomic E-state index is -0.339. The number of hydrogen-bond acceptors (Lipinski definition) is 2. The van der Waals surface area contributed by atoms with Crippen LogP contribution in [-0.4, -0.2) is 5.91 Å². The number of primary amides is 1. The first kappa shape index (κ1) is 8.81. The molecule has 0 radical (unpaired) electrons. The van der Waals surface area contributed by atoms with E-state index in [9.17, 15) is 4.79 Å². The third-order valence-electron chi connectivity index (χ3n) is 2.24. The molecule has 1 amide bonds.